The van der Waals surface area contributed by atoms with Crippen LogP contribution >= 0.6 is 0 Å². The minimum atomic E-state index is -1.48. The average molecular weight is 285 g/mol. The monoisotopic (exact) mass is 284 g/mol. The molecule has 1 rings (SSSR count). The van der Waals surface area contributed by atoms with Crippen LogP contribution in [0.25, 0.3) is 0 Å². The molecule has 0 aliphatic heterocycles. The first-order chi connectivity index (χ1) is 5.99. The van der Waals surface area contributed by atoms with Gasteiger partial charge in [0.1, 0.15) is 0 Å². The second kappa shape index (κ2) is 4.43. The van der Waals surface area contributed by atoms with Crippen LogP contribution in [0.15, 0.2) is 30.3 Å². The maximum atomic E-state index is 5.81. The fourth-order valence-electron chi connectivity index (χ4n) is 0.868. The van der Waals surface area contributed by atoms with Crippen molar-refractivity contribution in [2.75, 3.05) is 0 Å². The van der Waals surface area contributed by atoms with Gasteiger partial charge in [-0.1, -0.05) is 0 Å². The maximum absolute atomic E-state index is 5.81. The molecule has 3 heteroatoms. The quantitative estimate of drug-likeness (QED) is 0.775. The minimum absolute atomic E-state index is 0.891. The van der Waals surface area contributed by atoms with Gasteiger partial charge in [-0.2, -0.15) is 0 Å². The Kier molecular flexibility index (Phi) is 3.75. The van der Waals surface area contributed by atoms with Crippen molar-refractivity contribution in [2.24, 2.45) is 0 Å². The molecule has 0 spiro atoms. The molecule has 13 heavy (non-hydrogen) atoms. The second-order valence-corrected chi connectivity index (χ2v) is 8.96. The van der Waals surface area contributed by atoms with Gasteiger partial charge < -0.3 is 0 Å². The third-order valence-electron chi connectivity index (χ3n) is 1.37. The summed E-state index contributed by atoms with van der Waals surface area (Å²) >= 11 is 3.17. The van der Waals surface area contributed by atoms with Crippen molar-refractivity contribution in [3.63, 3.8) is 0 Å². The van der Waals surface area contributed by atoms with Crippen molar-refractivity contribution in [2.45, 2.75) is 19.6 Å². The van der Waals surface area contributed by atoms with Crippen LogP contribution < -0.4 is 0 Å². The van der Waals surface area contributed by atoms with Gasteiger partial charge in [-0.3, -0.25) is 0 Å². The second-order valence-electron chi connectivity index (χ2n) is 3.83. The van der Waals surface area contributed by atoms with Gasteiger partial charge in [0.15, 0.2) is 0 Å². The van der Waals surface area contributed by atoms with E-state index in [1.54, 1.807) is 0 Å². The summed E-state index contributed by atoms with van der Waals surface area (Å²) < 4.78 is 6.70. The van der Waals surface area contributed by atoms with Crippen LogP contribution in [0.3, 0.4) is 0 Å². The SMILES string of the molecule is C[Si](C)(C)O[C](=[Pd])c1ccccc1. The zero-order valence-corrected chi connectivity index (χ0v) is 10.7. The van der Waals surface area contributed by atoms with Crippen LogP contribution in [0, 0.1) is 0 Å². The zero-order valence-electron chi connectivity index (χ0n) is 8.11. The summed E-state index contributed by atoms with van der Waals surface area (Å²) in [5, 5.41) is 0. The molecule has 0 aliphatic carbocycles. The summed E-state index contributed by atoms with van der Waals surface area (Å²) in [5.41, 5.74) is 1.12. The van der Waals surface area contributed by atoms with Gasteiger partial charge in [0, 0.05) is 0 Å². The summed E-state index contributed by atoms with van der Waals surface area (Å²) in [6.45, 7) is 6.51. The summed E-state index contributed by atoms with van der Waals surface area (Å²) in [5.74, 6) is 0. The number of hydrogen-bond acceptors (Lipinski definition) is 1. The molecule has 0 atom stereocenters. The van der Waals surface area contributed by atoms with E-state index >= 15 is 0 Å². The predicted octanol–water partition coefficient (Wildman–Crippen LogP) is 2.56. The van der Waals surface area contributed by atoms with E-state index < -0.39 is 8.32 Å². The summed E-state index contributed by atoms with van der Waals surface area (Å²) in [7, 11) is -1.48. The Bertz CT molecular complexity index is 290. The van der Waals surface area contributed by atoms with E-state index in [1.807, 2.05) is 30.3 Å². The van der Waals surface area contributed by atoms with Crippen molar-refractivity contribution in [3.8, 4) is 0 Å². The molecular weight excluding hydrogens is 271 g/mol. The summed E-state index contributed by atoms with van der Waals surface area (Å²) in [6, 6.07) is 10.1. The molecule has 0 saturated heterocycles. The molecule has 0 fully saturated rings. The van der Waals surface area contributed by atoms with Crippen molar-refractivity contribution in [1.29, 1.82) is 0 Å². The van der Waals surface area contributed by atoms with E-state index in [9.17, 15) is 0 Å². The van der Waals surface area contributed by atoms with E-state index in [4.69, 9.17) is 4.43 Å². The molecule has 74 valence electrons. The van der Waals surface area contributed by atoms with Gasteiger partial charge in [0.2, 0.25) is 0 Å². The molecule has 0 aromatic heterocycles. The Morgan fingerprint density at radius 3 is 2.15 bits per heavy atom. The molecule has 0 aliphatic rings. The van der Waals surface area contributed by atoms with Crippen LogP contribution in [0.5, 0.6) is 0 Å². The van der Waals surface area contributed by atoms with E-state index in [1.165, 1.54) is 0 Å². The Balaban J connectivity index is 2.71. The van der Waals surface area contributed by atoms with Crippen LogP contribution in [0.2, 0.25) is 19.6 Å². The molecule has 0 heterocycles. The van der Waals surface area contributed by atoms with E-state index in [0.29, 0.717) is 0 Å². The molecular formula is C10H14OPdSi. The normalized spacial score (nSPS) is 11.5. The molecule has 1 aromatic rings. The fraction of sp³-hybridized carbons (Fsp3) is 0.300. The van der Waals surface area contributed by atoms with Gasteiger partial charge in [0.25, 0.3) is 0 Å². The van der Waals surface area contributed by atoms with Crippen molar-refractivity contribution >= 4 is 12.5 Å². The zero-order chi connectivity index (χ0) is 9.90. The summed E-state index contributed by atoms with van der Waals surface area (Å²) in [4.78, 5) is 0. The molecule has 0 saturated carbocycles. The van der Waals surface area contributed by atoms with Crippen LogP contribution in [0.4, 0.5) is 0 Å². The number of hydrogen-bond donors (Lipinski definition) is 0. The number of rotatable bonds is 3. The molecule has 1 nitrogen and oxygen atoms in total. The van der Waals surface area contributed by atoms with Crippen molar-refractivity contribution in [1.82, 2.24) is 0 Å². The van der Waals surface area contributed by atoms with Crippen LogP contribution in [-0.4, -0.2) is 12.5 Å². The standard InChI is InChI=1S/C10H14OSi.Pd/c1-12(2,3)11-9-10-7-5-4-6-8-10;/h4-8H,1-3H3;. The topological polar surface area (TPSA) is 9.23 Å². The fourth-order valence-corrected chi connectivity index (χ4v) is 3.17. The molecule has 1 aromatic carbocycles. The van der Waals surface area contributed by atoms with E-state index in [2.05, 4.69) is 38.4 Å². The first kappa shape index (κ1) is 11.0. The van der Waals surface area contributed by atoms with Gasteiger partial charge in [-0.15, -0.1) is 0 Å². The first-order valence-corrected chi connectivity index (χ1v) is 8.41. The molecule has 0 N–H and O–H groups in total. The van der Waals surface area contributed by atoms with E-state index in [-0.39, 0.29) is 0 Å². The molecule has 0 radical (unpaired) electrons. The summed E-state index contributed by atoms with van der Waals surface area (Å²) in [6.07, 6.45) is 0. The van der Waals surface area contributed by atoms with Gasteiger partial charge in [0.05, 0.1) is 0 Å². The van der Waals surface area contributed by atoms with Gasteiger partial charge in [-0.25, -0.2) is 0 Å². The van der Waals surface area contributed by atoms with Crippen molar-refractivity contribution < 1.29 is 23.2 Å². The molecule has 0 unspecified atom stereocenters. The van der Waals surface area contributed by atoms with Crippen molar-refractivity contribution in [3.05, 3.63) is 35.9 Å². The van der Waals surface area contributed by atoms with E-state index in [0.717, 1.165) is 9.73 Å². The predicted molar refractivity (Wildman–Crippen MR) is 55.0 cm³/mol. The molecule has 0 bridgehead atoms. The Morgan fingerprint density at radius 2 is 1.69 bits per heavy atom. The Hall–Kier alpha value is -0.0708. The Labute approximate surface area is 91.2 Å². The third-order valence-corrected chi connectivity index (χ3v) is 3.08. The third kappa shape index (κ3) is 4.10. The van der Waals surface area contributed by atoms with Crippen LogP contribution in [-0.2, 0) is 23.2 Å². The van der Waals surface area contributed by atoms with Gasteiger partial charge in [-0.05, 0) is 0 Å². The van der Waals surface area contributed by atoms with Crippen LogP contribution in [0.1, 0.15) is 5.56 Å². The van der Waals surface area contributed by atoms with Gasteiger partial charge >= 0.3 is 91.2 Å². The first-order valence-electron chi connectivity index (χ1n) is 4.23. The average Bonchev–Trinajstić information content (AvgIpc) is 2.03. The molecule has 0 amide bonds. The number of benzene rings is 1. The Morgan fingerprint density at radius 1 is 1.15 bits per heavy atom.